The summed E-state index contributed by atoms with van der Waals surface area (Å²) < 4.78 is 0. The Bertz CT molecular complexity index is 1080. The van der Waals surface area contributed by atoms with E-state index in [-0.39, 0.29) is 1.43 Å². The molecule has 3 aromatic heterocycles. The molecule has 0 bridgehead atoms. The van der Waals surface area contributed by atoms with Gasteiger partial charge in [-0.1, -0.05) is 23.9 Å². The Morgan fingerprint density at radius 1 is 0.962 bits per heavy atom. The van der Waals surface area contributed by atoms with E-state index in [9.17, 15) is 0 Å². The number of rotatable bonds is 3. The second-order valence-corrected chi connectivity index (χ2v) is 7.76. The monoisotopic (exact) mass is 377 g/mol. The van der Waals surface area contributed by atoms with Crippen LogP contribution in [0.15, 0.2) is 70.3 Å². The lowest BCUT2D eigenvalue weighted by atomic mass is 10.1. The van der Waals surface area contributed by atoms with Crippen molar-refractivity contribution in [3.8, 4) is 11.4 Å². The van der Waals surface area contributed by atoms with Crippen LogP contribution in [0, 0.1) is 0 Å². The maximum Gasteiger partial charge on any atom is 0.163 e. The highest BCUT2D eigenvalue weighted by Crippen LogP contribution is 2.42. The molecule has 7 heteroatoms. The zero-order valence-corrected chi connectivity index (χ0v) is 15.2. The van der Waals surface area contributed by atoms with Crippen LogP contribution in [-0.2, 0) is 6.42 Å². The van der Waals surface area contributed by atoms with Crippen molar-refractivity contribution in [1.29, 1.82) is 0 Å². The van der Waals surface area contributed by atoms with Crippen molar-refractivity contribution in [2.75, 3.05) is 5.32 Å². The van der Waals surface area contributed by atoms with Crippen LogP contribution in [0.1, 0.15) is 12.0 Å². The van der Waals surface area contributed by atoms with Crippen LogP contribution in [0.5, 0.6) is 0 Å². The van der Waals surface area contributed by atoms with Crippen LogP contribution in [0.3, 0.4) is 0 Å². The first kappa shape index (κ1) is 15.5. The van der Waals surface area contributed by atoms with Gasteiger partial charge in [-0.15, -0.1) is 11.3 Å². The average Bonchev–Trinajstić information content (AvgIpc) is 3.15. The molecule has 26 heavy (non-hydrogen) atoms. The van der Waals surface area contributed by atoms with E-state index in [0.717, 1.165) is 44.2 Å². The number of benzene rings is 1. The van der Waals surface area contributed by atoms with Gasteiger partial charge >= 0.3 is 0 Å². The molecule has 128 valence electrons. The number of nitrogens with zero attached hydrogens (tertiary/aromatic N) is 4. The third-order valence-corrected chi connectivity index (χ3v) is 5.92. The van der Waals surface area contributed by atoms with E-state index in [1.54, 1.807) is 41.7 Å². The van der Waals surface area contributed by atoms with Crippen LogP contribution < -0.4 is 5.32 Å². The summed E-state index contributed by atoms with van der Waals surface area (Å²) in [4.78, 5) is 19.0. The smallest absolute Gasteiger partial charge is 0.163 e. The molecule has 5 nitrogen and oxygen atoms in total. The lowest BCUT2D eigenvalue weighted by molar-refractivity contribution is 1.04. The van der Waals surface area contributed by atoms with Crippen molar-refractivity contribution in [3.63, 3.8) is 0 Å². The van der Waals surface area contributed by atoms with Crippen molar-refractivity contribution in [2.45, 2.75) is 16.3 Å². The van der Waals surface area contributed by atoms with E-state index in [0.29, 0.717) is 0 Å². The van der Waals surface area contributed by atoms with Crippen molar-refractivity contribution >= 4 is 34.6 Å². The Morgan fingerprint density at radius 2 is 1.92 bits per heavy atom. The predicted octanol–water partition coefficient (Wildman–Crippen LogP) is 5.04. The summed E-state index contributed by atoms with van der Waals surface area (Å²) >= 11 is 3.31. The number of nitrogens with one attached hydrogen (secondary N) is 1. The Labute approximate surface area is 160 Å². The van der Waals surface area contributed by atoms with Gasteiger partial charge in [0.15, 0.2) is 5.82 Å². The molecule has 1 aliphatic heterocycles. The van der Waals surface area contributed by atoms with Crippen LogP contribution >= 0.6 is 23.1 Å². The van der Waals surface area contributed by atoms with Crippen LogP contribution in [0.2, 0.25) is 0 Å². The van der Waals surface area contributed by atoms with Crippen LogP contribution in [0.25, 0.3) is 11.4 Å². The minimum absolute atomic E-state index is 0. The number of hydrogen-bond acceptors (Lipinski definition) is 7. The van der Waals surface area contributed by atoms with Gasteiger partial charge in [0.05, 0.1) is 22.1 Å². The number of thiazole rings is 1. The van der Waals surface area contributed by atoms with Gasteiger partial charge in [-0.3, -0.25) is 4.98 Å². The van der Waals surface area contributed by atoms with Gasteiger partial charge in [0.2, 0.25) is 0 Å². The highest BCUT2D eigenvalue weighted by atomic mass is 32.2. The molecule has 4 heterocycles. The molecule has 0 saturated carbocycles. The number of pyridine rings is 1. The summed E-state index contributed by atoms with van der Waals surface area (Å²) in [6.45, 7) is 0. The Kier molecular flexibility index (Phi) is 3.88. The largest absolute Gasteiger partial charge is 0.337 e. The van der Waals surface area contributed by atoms with Crippen LogP contribution in [0.4, 0.5) is 11.5 Å². The maximum atomic E-state index is 4.73. The molecule has 0 spiro atoms. The first-order valence-corrected chi connectivity index (χ1v) is 9.79. The molecule has 0 atom stereocenters. The molecule has 1 aliphatic rings. The normalized spacial score (nSPS) is 12.2. The molecular weight excluding hydrogens is 362 g/mol. The lowest BCUT2D eigenvalue weighted by Gasteiger charge is -2.19. The van der Waals surface area contributed by atoms with Gasteiger partial charge in [-0.05, 0) is 29.8 Å². The quantitative estimate of drug-likeness (QED) is 0.475. The second-order valence-electron chi connectivity index (χ2n) is 5.79. The Balaban J connectivity index is 0.00000180. The van der Waals surface area contributed by atoms with E-state index in [4.69, 9.17) is 4.98 Å². The van der Waals surface area contributed by atoms with E-state index < -0.39 is 0 Å². The lowest BCUT2D eigenvalue weighted by Crippen LogP contribution is -2.04. The van der Waals surface area contributed by atoms with Gasteiger partial charge in [-0.25, -0.2) is 15.0 Å². The topological polar surface area (TPSA) is 63.6 Å². The SMILES string of the molecule is [HH].c1ccc(-c2csc(Cc3ccc4c(c3)Nc3nccnc3S4)n2)nc1. The third kappa shape index (κ3) is 2.95. The average molecular weight is 377 g/mol. The molecule has 0 fully saturated rings. The van der Waals surface area contributed by atoms with Crippen molar-refractivity contribution in [2.24, 2.45) is 0 Å². The predicted molar refractivity (Wildman–Crippen MR) is 106 cm³/mol. The van der Waals surface area contributed by atoms with Crippen molar-refractivity contribution < 1.29 is 1.43 Å². The van der Waals surface area contributed by atoms with Gasteiger partial charge < -0.3 is 5.32 Å². The van der Waals surface area contributed by atoms with Gasteiger partial charge in [0.1, 0.15) is 5.03 Å². The summed E-state index contributed by atoms with van der Waals surface area (Å²) in [5, 5.41) is 7.43. The van der Waals surface area contributed by atoms with Gasteiger partial charge in [-0.2, -0.15) is 0 Å². The van der Waals surface area contributed by atoms with E-state index in [2.05, 4.69) is 43.8 Å². The molecule has 5 rings (SSSR count). The standard InChI is InChI=1S/C19H13N5S2.H2/c1-2-6-20-13(3-1)15-11-25-17(23-15)10-12-4-5-16-14(9-12)24-18-19(26-16)22-8-7-21-18;/h1-9,11H,10H2,(H,21,24);1H. The zero-order chi connectivity index (χ0) is 17.3. The van der Waals surface area contributed by atoms with Gasteiger partial charge in [0.25, 0.3) is 0 Å². The molecule has 4 aromatic rings. The molecule has 0 unspecified atom stereocenters. The zero-order valence-electron chi connectivity index (χ0n) is 13.6. The van der Waals surface area contributed by atoms with Crippen LogP contribution in [-0.4, -0.2) is 19.9 Å². The molecule has 1 N–H and O–H groups in total. The van der Waals surface area contributed by atoms with Gasteiger partial charge in [0, 0.05) is 36.7 Å². The first-order chi connectivity index (χ1) is 12.8. The number of aromatic nitrogens is 4. The molecule has 0 radical (unpaired) electrons. The summed E-state index contributed by atoms with van der Waals surface area (Å²) in [7, 11) is 0. The number of fused-ring (bicyclic) bond motifs is 2. The maximum absolute atomic E-state index is 4.73. The summed E-state index contributed by atoms with van der Waals surface area (Å²) in [5.74, 6) is 0.814. The fourth-order valence-electron chi connectivity index (χ4n) is 2.79. The third-order valence-electron chi connectivity index (χ3n) is 4.00. The summed E-state index contributed by atoms with van der Waals surface area (Å²) in [6.07, 6.45) is 6.01. The Hall–Kier alpha value is -2.77. The number of hydrogen-bond donors (Lipinski definition) is 1. The van der Waals surface area contributed by atoms with E-state index >= 15 is 0 Å². The summed E-state index contributed by atoms with van der Waals surface area (Å²) in [6, 6.07) is 12.3. The molecule has 0 saturated heterocycles. The highest BCUT2D eigenvalue weighted by Gasteiger charge is 2.18. The Morgan fingerprint density at radius 3 is 2.85 bits per heavy atom. The molecule has 0 amide bonds. The fourth-order valence-corrected chi connectivity index (χ4v) is 4.49. The minimum Gasteiger partial charge on any atom is -0.337 e. The summed E-state index contributed by atoms with van der Waals surface area (Å²) in [5.41, 5.74) is 4.13. The first-order valence-electron chi connectivity index (χ1n) is 8.10. The molecular formula is C19H15N5S2. The van der Waals surface area contributed by atoms with Crippen molar-refractivity contribution in [1.82, 2.24) is 19.9 Å². The fraction of sp³-hybridized carbons (Fsp3) is 0.0526. The molecule has 1 aromatic carbocycles. The highest BCUT2D eigenvalue weighted by molar-refractivity contribution is 7.99. The molecule has 0 aliphatic carbocycles. The number of anilines is 2. The van der Waals surface area contributed by atoms with E-state index in [1.807, 2.05) is 18.2 Å². The second kappa shape index (κ2) is 6.51. The van der Waals surface area contributed by atoms with E-state index in [1.165, 1.54) is 5.56 Å². The van der Waals surface area contributed by atoms with Crippen molar-refractivity contribution in [3.05, 3.63) is 70.9 Å². The minimum atomic E-state index is 0.